The molecule has 5 heteroatoms. The Hall–Kier alpha value is -2.95. The van der Waals surface area contributed by atoms with Crippen molar-refractivity contribution in [2.24, 2.45) is 0 Å². The Labute approximate surface area is 121 Å². The predicted octanol–water partition coefficient (Wildman–Crippen LogP) is 2.72. The first-order chi connectivity index (χ1) is 10.3. The van der Waals surface area contributed by atoms with Crippen LogP contribution in [-0.2, 0) is 4.74 Å². The Kier molecular flexibility index (Phi) is 3.47. The van der Waals surface area contributed by atoms with Gasteiger partial charge in [0.15, 0.2) is 5.69 Å². The third-order valence-corrected chi connectivity index (χ3v) is 3.03. The number of carbonyl (C=O) groups excluding carboxylic acids is 1. The summed E-state index contributed by atoms with van der Waals surface area (Å²) in [4.78, 5) is 13.4. The molecule has 0 radical (unpaired) electrons. The van der Waals surface area contributed by atoms with Gasteiger partial charge in [0.25, 0.3) is 0 Å². The van der Waals surface area contributed by atoms with Crippen molar-refractivity contribution in [2.45, 2.75) is 0 Å². The van der Waals surface area contributed by atoms with Gasteiger partial charge in [0.2, 0.25) is 0 Å². The SMILES string of the molecule is COC(=O)c1nn(-c2ccccc2)nc1-c1ccccc1. The van der Waals surface area contributed by atoms with Crippen molar-refractivity contribution < 1.29 is 9.53 Å². The molecule has 0 unspecified atom stereocenters. The molecule has 1 aromatic heterocycles. The molecule has 3 rings (SSSR count). The number of ether oxygens (including phenoxy) is 1. The molecular formula is C16H13N3O2. The monoisotopic (exact) mass is 279 g/mol. The Morgan fingerprint density at radius 1 is 0.952 bits per heavy atom. The highest BCUT2D eigenvalue weighted by Gasteiger charge is 2.20. The number of hydrogen-bond donors (Lipinski definition) is 0. The number of methoxy groups -OCH3 is 1. The minimum absolute atomic E-state index is 0.201. The molecule has 0 saturated carbocycles. The molecule has 0 aliphatic carbocycles. The van der Waals surface area contributed by atoms with Crippen LogP contribution in [0.1, 0.15) is 10.5 Å². The number of esters is 1. The van der Waals surface area contributed by atoms with Gasteiger partial charge in [-0.15, -0.1) is 10.2 Å². The smallest absolute Gasteiger partial charge is 0.360 e. The van der Waals surface area contributed by atoms with E-state index in [0.29, 0.717) is 5.69 Å². The van der Waals surface area contributed by atoms with Gasteiger partial charge >= 0.3 is 5.97 Å². The first-order valence-corrected chi connectivity index (χ1v) is 6.46. The van der Waals surface area contributed by atoms with Gasteiger partial charge in [-0.1, -0.05) is 48.5 Å². The molecular weight excluding hydrogens is 266 g/mol. The predicted molar refractivity (Wildman–Crippen MR) is 78.1 cm³/mol. The number of carbonyl (C=O) groups is 1. The van der Waals surface area contributed by atoms with E-state index in [1.807, 2.05) is 60.7 Å². The molecule has 2 aromatic carbocycles. The van der Waals surface area contributed by atoms with Crippen LogP contribution in [0.3, 0.4) is 0 Å². The largest absolute Gasteiger partial charge is 0.464 e. The lowest BCUT2D eigenvalue weighted by molar-refractivity contribution is 0.0594. The van der Waals surface area contributed by atoms with E-state index in [-0.39, 0.29) is 5.69 Å². The second kappa shape index (κ2) is 5.58. The maximum Gasteiger partial charge on any atom is 0.360 e. The van der Waals surface area contributed by atoms with Crippen molar-refractivity contribution in [2.75, 3.05) is 7.11 Å². The first-order valence-electron chi connectivity index (χ1n) is 6.46. The first kappa shape index (κ1) is 13.1. The van der Waals surface area contributed by atoms with Crippen LogP contribution in [0.25, 0.3) is 16.9 Å². The van der Waals surface area contributed by atoms with Gasteiger partial charge in [0, 0.05) is 5.56 Å². The molecule has 21 heavy (non-hydrogen) atoms. The fourth-order valence-electron chi connectivity index (χ4n) is 2.01. The topological polar surface area (TPSA) is 57.0 Å². The Balaban J connectivity index is 2.14. The third-order valence-electron chi connectivity index (χ3n) is 3.03. The van der Waals surface area contributed by atoms with Crippen LogP contribution in [-0.4, -0.2) is 28.1 Å². The van der Waals surface area contributed by atoms with Crippen LogP contribution < -0.4 is 0 Å². The van der Waals surface area contributed by atoms with Crippen molar-refractivity contribution >= 4 is 5.97 Å². The summed E-state index contributed by atoms with van der Waals surface area (Å²) >= 11 is 0. The second-order valence-electron chi connectivity index (χ2n) is 4.38. The lowest BCUT2D eigenvalue weighted by Gasteiger charge is -1.98. The normalized spacial score (nSPS) is 10.3. The van der Waals surface area contributed by atoms with Crippen LogP contribution in [0.15, 0.2) is 60.7 Å². The molecule has 3 aromatic rings. The van der Waals surface area contributed by atoms with Gasteiger partial charge in [-0.3, -0.25) is 0 Å². The van der Waals surface area contributed by atoms with E-state index in [9.17, 15) is 4.79 Å². The average molecular weight is 279 g/mol. The molecule has 0 atom stereocenters. The van der Waals surface area contributed by atoms with Crippen molar-refractivity contribution in [1.29, 1.82) is 0 Å². The lowest BCUT2D eigenvalue weighted by Crippen LogP contribution is -2.05. The second-order valence-corrected chi connectivity index (χ2v) is 4.38. The zero-order valence-corrected chi connectivity index (χ0v) is 11.4. The molecule has 0 amide bonds. The van der Waals surface area contributed by atoms with Gasteiger partial charge < -0.3 is 4.74 Å². The molecule has 0 fully saturated rings. The van der Waals surface area contributed by atoms with E-state index in [0.717, 1.165) is 11.3 Å². The standard InChI is InChI=1S/C16H13N3O2/c1-21-16(20)15-14(12-8-4-2-5-9-12)17-19(18-15)13-10-6-3-7-11-13/h2-11H,1H3. The summed E-state index contributed by atoms with van der Waals surface area (Å²) in [7, 11) is 1.33. The third kappa shape index (κ3) is 2.53. The number of hydrogen-bond acceptors (Lipinski definition) is 4. The van der Waals surface area contributed by atoms with Crippen LogP contribution in [0.2, 0.25) is 0 Å². The van der Waals surface area contributed by atoms with E-state index in [1.165, 1.54) is 11.9 Å². The minimum Gasteiger partial charge on any atom is -0.464 e. The zero-order chi connectivity index (χ0) is 14.7. The molecule has 104 valence electrons. The van der Waals surface area contributed by atoms with Crippen LogP contribution >= 0.6 is 0 Å². The van der Waals surface area contributed by atoms with Crippen LogP contribution in [0.4, 0.5) is 0 Å². The fraction of sp³-hybridized carbons (Fsp3) is 0.0625. The van der Waals surface area contributed by atoms with Crippen LogP contribution in [0, 0.1) is 0 Å². The summed E-state index contributed by atoms with van der Waals surface area (Å²) in [5, 5.41) is 8.68. The van der Waals surface area contributed by atoms with Gasteiger partial charge in [-0.2, -0.15) is 4.80 Å². The van der Waals surface area contributed by atoms with Gasteiger partial charge in [-0.25, -0.2) is 4.79 Å². The molecule has 0 aliphatic rings. The highest BCUT2D eigenvalue weighted by molar-refractivity contribution is 5.93. The Morgan fingerprint density at radius 2 is 1.57 bits per heavy atom. The van der Waals surface area contributed by atoms with Gasteiger partial charge in [0.05, 0.1) is 12.8 Å². The van der Waals surface area contributed by atoms with Gasteiger partial charge in [0.1, 0.15) is 5.69 Å². The summed E-state index contributed by atoms with van der Waals surface area (Å²) < 4.78 is 4.79. The molecule has 0 saturated heterocycles. The zero-order valence-electron chi connectivity index (χ0n) is 11.4. The highest BCUT2D eigenvalue weighted by atomic mass is 16.5. The number of rotatable bonds is 3. The van der Waals surface area contributed by atoms with E-state index in [4.69, 9.17) is 4.74 Å². The number of benzene rings is 2. The number of aromatic nitrogens is 3. The molecule has 0 spiro atoms. The van der Waals surface area contributed by atoms with E-state index < -0.39 is 5.97 Å². The summed E-state index contributed by atoms with van der Waals surface area (Å²) in [6.07, 6.45) is 0. The maximum atomic E-state index is 11.9. The summed E-state index contributed by atoms with van der Waals surface area (Å²) in [5.41, 5.74) is 2.31. The Bertz CT molecular complexity index is 752. The Morgan fingerprint density at radius 3 is 2.19 bits per heavy atom. The average Bonchev–Trinajstić information content (AvgIpc) is 3.01. The highest BCUT2D eigenvalue weighted by Crippen LogP contribution is 2.21. The minimum atomic E-state index is -0.504. The van der Waals surface area contributed by atoms with Gasteiger partial charge in [-0.05, 0) is 12.1 Å². The molecule has 5 nitrogen and oxygen atoms in total. The fourth-order valence-corrected chi connectivity index (χ4v) is 2.01. The number of nitrogens with zero attached hydrogens (tertiary/aromatic N) is 3. The summed E-state index contributed by atoms with van der Waals surface area (Å²) in [6, 6.07) is 18.9. The van der Waals surface area contributed by atoms with E-state index in [2.05, 4.69) is 10.2 Å². The summed E-state index contributed by atoms with van der Waals surface area (Å²) in [6.45, 7) is 0. The molecule has 0 bridgehead atoms. The van der Waals surface area contributed by atoms with Crippen LogP contribution in [0.5, 0.6) is 0 Å². The summed E-state index contributed by atoms with van der Waals surface area (Å²) in [5.74, 6) is -0.504. The maximum absolute atomic E-state index is 11.9. The van der Waals surface area contributed by atoms with Crippen molar-refractivity contribution in [3.8, 4) is 16.9 Å². The molecule has 1 heterocycles. The molecule has 0 aliphatic heterocycles. The molecule has 0 N–H and O–H groups in total. The van der Waals surface area contributed by atoms with Crippen molar-refractivity contribution in [3.05, 3.63) is 66.4 Å². The lowest BCUT2D eigenvalue weighted by atomic mass is 10.1. The van der Waals surface area contributed by atoms with E-state index in [1.54, 1.807) is 0 Å². The van der Waals surface area contributed by atoms with E-state index >= 15 is 0 Å². The number of para-hydroxylation sites is 1. The van der Waals surface area contributed by atoms with Crippen molar-refractivity contribution in [3.63, 3.8) is 0 Å². The quantitative estimate of drug-likeness (QED) is 0.692. The van der Waals surface area contributed by atoms with Crippen molar-refractivity contribution in [1.82, 2.24) is 15.0 Å².